The first-order valence-corrected chi connectivity index (χ1v) is 7.76. The summed E-state index contributed by atoms with van der Waals surface area (Å²) >= 11 is 33.2. The predicted molar refractivity (Wildman–Crippen MR) is 92.6 cm³/mol. The summed E-state index contributed by atoms with van der Waals surface area (Å²) in [5, 5.41) is 0. The standard InChI is InChI=1S/C6H8N2.C5HCl6N3/c7-8-6-4-2-1-3-5-6;6-4(7,8)2-12-1-13-3(14-2)5(9,10)11/h1-5,8H,7H2;1H. The van der Waals surface area contributed by atoms with E-state index in [1.165, 1.54) is 0 Å². The van der Waals surface area contributed by atoms with Gasteiger partial charge < -0.3 is 5.43 Å². The van der Waals surface area contributed by atoms with Gasteiger partial charge in [-0.1, -0.05) is 87.8 Å². The number of hydrazine groups is 1. The van der Waals surface area contributed by atoms with E-state index in [0.717, 1.165) is 12.0 Å². The molecule has 22 heavy (non-hydrogen) atoms. The number of nitrogens with zero attached hydrogens (tertiary/aromatic N) is 3. The van der Waals surface area contributed by atoms with Gasteiger partial charge in [-0.3, -0.25) is 5.84 Å². The van der Waals surface area contributed by atoms with Gasteiger partial charge in [0.05, 0.1) is 0 Å². The van der Waals surface area contributed by atoms with Crippen molar-refractivity contribution < 1.29 is 0 Å². The van der Waals surface area contributed by atoms with E-state index in [9.17, 15) is 0 Å². The monoisotopic (exact) mass is 421 g/mol. The van der Waals surface area contributed by atoms with E-state index in [1.807, 2.05) is 30.3 Å². The number of rotatable bonds is 1. The molecule has 3 N–H and O–H groups in total. The van der Waals surface area contributed by atoms with Gasteiger partial charge in [-0.2, -0.15) is 0 Å². The van der Waals surface area contributed by atoms with Gasteiger partial charge in [0.2, 0.25) is 7.59 Å². The van der Waals surface area contributed by atoms with Gasteiger partial charge in [0.1, 0.15) is 6.33 Å². The lowest BCUT2D eigenvalue weighted by Crippen LogP contribution is -2.14. The molecule has 1 aromatic carbocycles. The van der Waals surface area contributed by atoms with Crippen molar-refractivity contribution >= 4 is 75.3 Å². The lowest BCUT2D eigenvalue weighted by Gasteiger charge is -2.12. The van der Waals surface area contributed by atoms with E-state index in [1.54, 1.807) is 0 Å². The van der Waals surface area contributed by atoms with Crippen LogP contribution < -0.4 is 11.3 Å². The Morgan fingerprint density at radius 2 is 1.27 bits per heavy atom. The molecular weight excluding hydrogens is 415 g/mol. The number of nitrogen functional groups attached to an aromatic ring is 1. The molecule has 0 spiro atoms. The number of nitrogens with two attached hydrogens (primary N) is 1. The maximum atomic E-state index is 5.53. The number of alkyl halides is 6. The van der Waals surface area contributed by atoms with Crippen LogP contribution >= 0.6 is 69.6 Å². The Hall–Kier alpha value is -0.270. The Morgan fingerprint density at radius 1 is 0.818 bits per heavy atom. The van der Waals surface area contributed by atoms with Gasteiger partial charge in [0, 0.05) is 5.69 Å². The van der Waals surface area contributed by atoms with Crippen LogP contribution in [0.25, 0.3) is 0 Å². The van der Waals surface area contributed by atoms with E-state index < -0.39 is 7.59 Å². The van der Waals surface area contributed by atoms with Crippen LogP contribution in [0.2, 0.25) is 0 Å². The molecule has 2 aromatic rings. The average Bonchev–Trinajstić information content (AvgIpc) is 2.47. The minimum absolute atomic E-state index is 0.0983. The Labute approximate surface area is 157 Å². The molecule has 0 radical (unpaired) electrons. The first kappa shape index (κ1) is 19.8. The highest BCUT2D eigenvalue weighted by atomic mass is 35.6. The number of nitrogens with one attached hydrogen (secondary N) is 1. The Kier molecular flexibility index (Phi) is 7.68. The molecular formula is C11H9Cl6N5. The zero-order valence-corrected chi connectivity index (χ0v) is 15.2. The van der Waals surface area contributed by atoms with Gasteiger partial charge in [-0.05, 0) is 12.1 Å². The smallest absolute Gasteiger partial charge is 0.250 e. The fraction of sp³-hybridized carbons (Fsp3) is 0.182. The van der Waals surface area contributed by atoms with Gasteiger partial charge in [0.15, 0.2) is 11.6 Å². The first-order valence-electron chi connectivity index (χ1n) is 5.49. The van der Waals surface area contributed by atoms with E-state index in [-0.39, 0.29) is 11.6 Å². The Morgan fingerprint density at radius 3 is 1.59 bits per heavy atom. The van der Waals surface area contributed by atoms with Crippen molar-refractivity contribution in [3.63, 3.8) is 0 Å². The van der Waals surface area contributed by atoms with Gasteiger partial charge in [-0.25, -0.2) is 15.0 Å². The summed E-state index contributed by atoms with van der Waals surface area (Å²) in [7, 11) is 0. The predicted octanol–water partition coefficient (Wildman–Crippen LogP) is 4.50. The zero-order valence-electron chi connectivity index (χ0n) is 10.7. The van der Waals surface area contributed by atoms with Gasteiger partial charge in [0.25, 0.3) is 0 Å². The molecule has 0 bridgehead atoms. The van der Waals surface area contributed by atoms with Crippen LogP contribution in [0, 0.1) is 0 Å². The second kappa shape index (κ2) is 8.55. The molecule has 0 saturated heterocycles. The molecule has 1 aromatic heterocycles. The lowest BCUT2D eigenvalue weighted by atomic mass is 10.3. The molecule has 0 aliphatic heterocycles. The molecule has 0 aliphatic rings. The molecule has 1 heterocycles. The van der Waals surface area contributed by atoms with Crippen molar-refractivity contribution in [2.45, 2.75) is 7.59 Å². The summed E-state index contributed by atoms with van der Waals surface area (Å²) in [6.07, 6.45) is 1.10. The zero-order chi connectivity index (χ0) is 16.8. The minimum atomic E-state index is -1.77. The Bertz CT molecular complexity index is 554. The second-order valence-electron chi connectivity index (χ2n) is 3.64. The summed E-state index contributed by atoms with van der Waals surface area (Å²) in [5.41, 5.74) is 3.46. The van der Waals surface area contributed by atoms with Crippen molar-refractivity contribution in [2.75, 3.05) is 5.43 Å². The molecule has 0 aliphatic carbocycles. The van der Waals surface area contributed by atoms with Gasteiger partial charge >= 0.3 is 0 Å². The molecule has 0 atom stereocenters. The van der Waals surface area contributed by atoms with Crippen molar-refractivity contribution in [2.24, 2.45) is 5.84 Å². The number of anilines is 1. The number of aromatic nitrogens is 3. The summed E-state index contributed by atoms with van der Waals surface area (Å²) in [5.74, 6) is 4.90. The highest BCUT2D eigenvalue weighted by Crippen LogP contribution is 2.39. The van der Waals surface area contributed by atoms with E-state index in [4.69, 9.17) is 75.4 Å². The van der Waals surface area contributed by atoms with Crippen molar-refractivity contribution in [1.82, 2.24) is 15.0 Å². The topological polar surface area (TPSA) is 76.7 Å². The number of hydrogen-bond donors (Lipinski definition) is 2. The fourth-order valence-corrected chi connectivity index (χ4v) is 1.65. The molecule has 11 heteroatoms. The third-order valence-electron chi connectivity index (χ3n) is 2.02. The van der Waals surface area contributed by atoms with Crippen LogP contribution in [0.1, 0.15) is 11.6 Å². The number of para-hydroxylation sites is 1. The number of hydrogen-bond acceptors (Lipinski definition) is 5. The second-order valence-corrected chi connectivity index (χ2v) is 8.20. The molecule has 120 valence electrons. The third-order valence-corrected chi connectivity index (χ3v) is 3.03. The summed E-state index contributed by atoms with van der Waals surface area (Å²) < 4.78 is -3.54. The quantitative estimate of drug-likeness (QED) is 0.401. The summed E-state index contributed by atoms with van der Waals surface area (Å²) in [6.45, 7) is 0. The molecule has 0 unspecified atom stereocenters. The van der Waals surface area contributed by atoms with E-state index in [0.29, 0.717) is 0 Å². The van der Waals surface area contributed by atoms with Crippen LogP contribution in [0.4, 0.5) is 5.69 Å². The highest BCUT2D eigenvalue weighted by molar-refractivity contribution is 6.67. The maximum absolute atomic E-state index is 5.53. The minimum Gasteiger partial charge on any atom is -0.324 e. The van der Waals surface area contributed by atoms with E-state index >= 15 is 0 Å². The normalized spacial score (nSPS) is 11.4. The summed E-state index contributed by atoms with van der Waals surface area (Å²) in [6, 6.07) is 9.60. The van der Waals surface area contributed by atoms with Crippen LogP contribution in [0.5, 0.6) is 0 Å². The molecule has 0 amide bonds. The Balaban J connectivity index is 0.000000255. The third kappa shape index (κ3) is 6.87. The molecule has 0 saturated carbocycles. The van der Waals surface area contributed by atoms with Crippen molar-refractivity contribution in [3.8, 4) is 0 Å². The van der Waals surface area contributed by atoms with E-state index in [2.05, 4.69) is 20.4 Å². The SMILES string of the molecule is ClC(Cl)(Cl)c1ncnc(C(Cl)(Cl)Cl)n1.NNc1ccccc1. The first-order chi connectivity index (χ1) is 10.1. The van der Waals surface area contributed by atoms with Crippen LogP contribution in [0.3, 0.4) is 0 Å². The number of halogens is 6. The van der Waals surface area contributed by atoms with Crippen LogP contribution in [-0.2, 0) is 7.59 Å². The highest BCUT2D eigenvalue weighted by Gasteiger charge is 2.32. The summed E-state index contributed by atoms with van der Waals surface area (Å²) in [4.78, 5) is 11.0. The average molecular weight is 424 g/mol. The van der Waals surface area contributed by atoms with Crippen molar-refractivity contribution in [3.05, 3.63) is 48.3 Å². The van der Waals surface area contributed by atoms with Gasteiger partial charge in [-0.15, -0.1) is 0 Å². The number of benzene rings is 1. The molecule has 5 nitrogen and oxygen atoms in total. The van der Waals surface area contributed by atoms with Crippen LogP contribution in [0.15, 0.2) is 36.7 Å². The maximum Gasteiger partial charge on any atom is 0.250 e. The lowest BCUT2D eigenvalue weighted by molar-refractivity contribution is 0.844. The largest absolute Gasteiger partial charge is 0.324 e. The fourth-order valence-electron chi connectivity index (χ4n) is 1.10. The molecule has 0 fully saturated rings. The molecule has 2 rings (SSSR count). The van der Waals surface area contributed by atoms with Crippen LogP contribution in [-0.4, -0.2) is 15.0 Å². The van der Waals surface area contributed by atoms with Crippen molar-refractivity contribution in [1.29, 1.82) is 0 Å².